The van der Waals surface area contributed by atoms with Crippen LogP contribution >= 0.6 is 0 Å². The van der Waals surface area contributed by atoms with Crippen LogP contribution in [0.2, 0.25) is 0 Å². The Morgan fingerprint density at radius 2 is 2.11 bits per heavy atom. The molecule has 1 aromatic carbocycles. The Hall–Kier alpha value is -1.02. The van der Waals surface area contributed by atoms with Crippen LogP contribution in [0.25, 0.3) is 0 Å². The van der Waals surface area contributed by atoms with Crippen molar-refractivity contribution in [1.29, 1.82) is 0 Å². The van der Waals surface area contributed by atoms with Gasteiger partial charge >= 0.3 is 0 Å². The summed E-state index contributed by atoms with van der Waals surface area (Å²) in [5.41, 5.74) is 8.93. The summed E-state index contributed by atoms with van der Waals surface area (Å²) < 4.78 is 0. The monoisotopic (exact) mass is 246 g/mol. The van der Waals surface area contributed by atoms with Crippen LogP contribution in [0, 0.1) is 11.8 Å². The lowest BCUT2D eigenvalue weighted by molar-refractivity contribution is 0.387. The van der Waals surface area contributed by atoms with Crippen molar-refractivity contribution in [2.75, 3.05) is 18.0 Å². The second kappa shape index (κ2) is 5.75. The first-order valence-corrected chi connectivity index (χ1v) is 7.22. The standard InChI is InChI=1S/C16H26N2/c1-4-13(3)16(10-17)18-11-12(2)9-14-7-5-6-8-15(14)18/h5-8,12-13,16H,4,9-11,17H2,1-3H3. The molecule has 1 aliphatic rings. The number of rotatable bonds is 4. The Kier molecular flexibility index (Phi) is 4.28. The van der Waals surface area contributed by atoms with Crippen molar-refractivity contribution in [2.24, 2.45) is 17.6 Å². The first kappa shape index (κ1) is 13.4. The number of nitrogens with zero attached hydrogens (tertiary/aromatic N) is 1. The Balaban J connectivity index is 2.32. The maximum Gasteiger partial charge on any atom is 0.0437 e. The second-order valence-electron chi connectivity index (χ2n) is 5.78. The lowest BCUT2D eigenvalue weighted by Crippen LogP contribution is -2.49. The predicted molar refractivity (Wildman–Crippen MR) is 79.0 cm³/mol. The van der Waals surface area contributed by atoms with E-state index in [4.69, 9.17) is 5.73 Å². The third-order valence-corrected chi connectivity index (χ3v) is 4.32. The SMILES string of the molecule is CCC(C)C(CN)N1CC(C)Cc2ccccc21. The number of hydrogen-bond donors (Lipinski definition) is 1. The van der Waals surface area contributed by atoms with Crippen molar-refractivity contribution < 1.29 is 0 Å². The fourth-order valence-electron chi connectivity index (χ4n) is 3.09. The zero-order valence-corrected chi connectivity index (χ0v) is 11.9. The Labute approximate surface area is 111 Å². The molecule has 3 atom stereocenters. The third kappa shape index (κ3) is 2.54. The van der Waals surface area contributed by atoms with Gasteiger partial charge in [-0.2, -0.15) is 0 Å². The number of benzene rings is 1. The summed E-state index contributed by atoms with van der Waals surface area (Å²) in [7, 11) is 0. The molecule has 0 saturated carbocycles. The molecule has 2 heteroatoms. The second-order valence-corrected chi connectivity index (χ2v) is 5.78. The minimum atomic E-state index is 0.471. The molecule has 1 heterocycles. The summed E-state index contributed by atoms with van der Waals surface area (Å²) in [5, 5.41) is 0. The number of hydrogen-bond acceptors (Lipinski definition) is 2. The van der Waals surface area contributed by atoms with Gasteiger partial charge in [0.05, 0.1) is 0 Å². The Bertz CT molecular complexity index is 388. The van der Waals surface area contributed by atoms with Crippen molar-refractivity contribution in [3.8, 4) is 0 Å². The first-order valence-electron chi connectivity index (χ1n) is 7.22. The lowest BCUT2D eigenvalue weighted by Gasteiger charge is -2.42. The van der Waals surface area contributed by atoms with Crippen molar-refractivity contribution >= 4 is 5.69 Å². The van der Waals surface area contributed by atoms with Crippen LogP contribution in [0.4, 0.5) is 5.69 Å². The topological polar surface area (TPSA) is 29.3 Å². The molecule has 0 fully saturated rings. The van der Waals surface area contributed by atoms with E-state index in [1.165, 1.54) is 24.1 Å². The van der Waals surface area contributed by atoms with Crippen LogP contribution in [0.5, 0.6) is 0 Å². The van der Waals surface area contributed by atoms with E-state index in [2.05, 4.69) is 49.9 Å². The van der Waals surface area contributed by atoms with Crippen LogP contribution in [-0.2, 0) is 6.42 Å². The van der Waals surface area contributed by atoms with Gasteiger partial charge in [-0.15, -0.1) is 0 Å². The zero-order valence-electron chi connectivity index (χ0n) is 11.9. The largest absolute Gasteiger partial charge is 0.367 e. The third-order valence-electron chi connectivity index (χ3n) is 4.32. The highest BCUT2D eigenvalue weighted by molar-refractivity contribution is 5.56. The highest BCUT2D eigenvalue weighted by Crippen LogP contribution is 2.32. The highest BCUT2D eigenvalue weighted by Gasteiger charge is 2.28. The molecule has 0 aromatic heterocycles. The minimum Gasteiger partial charge on any atom is -0.367 e. The first-order chi connectivity index (χ1) is 8.67. The summed E-state index contributed by atoms with van der Waals surface area (Å²) in [5.74, 6) is 1.37. The Morgan fingerprint density at radius 3 is 2.78 bits per heavy atom. The van der Waals surface area contributed by atoms with Crippen molar-refractivity contribution in [2.45, 2.75) is 39.7 Å². The van der Waals surface area contributed by atoms with Gasteiger partial charge in [-0.05, 0) is 29.9 Å². The van der Waals surface area contributed by atoms with Gasteiger partial charge in [0, 0.05) is 24.8 Å². The van der Waals surface area contributed by atoms with Crippen molar-refractivity contribution in [3.63, 3.8) is 0 Å². The van der Waals surface area contributed by atoms with Crippen LogP contribution in [0.3, 0.4) is 0 Å². The van der Waals surface area contributed by atoms with E-state index in [0.29, 0.717) is 12.0 Å². The summed E-state index contributed by atoms with van der Waals surface area (Å²) in [4.78, 5) is 2.55. The van der Waals surface area contributed by atoms with Gasteiger partial charge in [-0.3, -0.25) is 0 Å². The summed E-state index contributed by atoms with van der Waals surface area (Å²) >= 11 is 0. The number of para-hydroxylation sites is 1. The normalized spacial score (nSPS) is 22.4. The average Bonchev–Trinajstić information content (AvgIpc) is 2.39. The molecule has 0 spiro atoms. The summed E-state index contributed by atoms with van der Waals surface area (Å²) in [6.45, 7) is 8.80. The molecule has 100 valence electrons. The molecular weight excluding hydrogens is 220 g/mol. The molecule has 1 aromatic rings. The average molecular weight is 246 g/mol. The fraction of sp³-hybridized carbons (Fsp3) is 0.625. The number of nitrogens with two attached hydrogens (primary N) is 1. The van der Waals surface area contributed by atoms with E-state index in [1.54, 1.807) is 0 Å². The molecular formula is C16H26N2. The fourth-order valence-corrected chi connectivity index (χ4v) is 3.09. The molecule has 0 bridgehead atoms. The predicted octanol–water partition coefficient (Wildman–Crippen LogP) is 3.06. The van der Waals surface area contributed by atoms with Crippen LogP contribution in [-0.4, -0.2) is 19.1 Å². The van der Waals surface area contributed by atoms with E-state index >= 15 is 0 Å². The molecule has 2 N–H and O–H groups in total. The van der Waals surface area contributed by atoms with Crippen molar-refractivity contribution in [3.05, 3.63) is 29.8 Å². The van der Waals surface area contributed by atoms with E-state index < -0.39 is 0 Å². The van der Waals surface area contributed by atoms with E-state index in [0.717, 1.165) is 19.0 Å². The molecule has 2 nitrogen and oxygen atoms in total. The van der Waals surface area contributed by atoms with Crippen LogP contribution in [0.1, 0.15) is 32.8 Å². The lowest BCUT2D eigenvalue weighted by atomic mass is 9.89. The highest BCUT2D eigenvalue weighted by atomic mass is 15.2. The van der Waals surface area contributed by atoms with E-state index in [-0.39, 0.29) is 0 Å². The number of fused-ring (bicyclic) bond motifs is 1. The molecule has 0 radical (unpaired) electrons. The summed E-state index contributed by atoms with van der Waals surface area (Å²) in [6, 6.07) is 9.29. The minimum absolute atomic E-state index is 0.471. The molecule has 2 rings (SSSR count). The molecule has 1 aliphatic heterocycles. The van der Waals surface area contributed by atoms with Crippen LogP contribution < -0.4 is 10.6 Å². The maximum absolute atomic E-state index is 6.04. The van der Waals surface area contributed by atoms with Gasteiger partial charge in [-0.25, -0.2) is 0 Å². The van der Waals surface area contributed by atoms with Crippen molar-refractivity contribution in [1.82, 2.24) is 0 Å². The molecule has 0 aliphatic carbocycles. The van der Waals surface area contributed by atoms with Gasteiger partial charge in [0.25, 0.3) is 0 Å². The maximum atomic E-state index is 6.04. The number of anilines is 1. The Morgan fingerprint density at radius 1 is 1.39 bits per heavy atom. The molecule has 0 saturated heterocycles. The smallest absolute Gasteiger partial charge is 0.0437 e. The molecule has 18 heavy (non-hydrogen) atoms. The quantitative estimate of drug-likeness (QED) is 0.884. The van der Waals surface area contributed by atoms with Gasteiger partial charge in [0.1, 0.15) is 0 Å². The van der Waals surface area contributed by atoms with Gasteiger partial charge in [-0.1, -0.05) is 45.4 Å². The van der Waals surface area contributed by atoms with Gasteiger partial charge < -0.3 is 10.6 Å². The molecule has 0 amide bonds. The van der Waals surface area contributed by atoms with Crippen LogP contribution in [0.15, 0.2) is 24.3 Å². The van der Waals surface area contributed by atoms with Gasteiger partial charge in [0.2, 0.25) is 0 Å². The molecule has 3 unspecified atom stereocenters. The van der Waals surface area contributed by atoms with Gasteiger partial charge in [0.15, 0.2) is 0 Å². The summed E-state index contributed by atoms with van der Waals surface area (Å²) in [6.07, 6.45) is 2.39. The van der Waals surface area contributed by atoms with E-state index in [9.17, 15) is 0 Å². The zero-order chi connectivity index (χ0) is 13.1. The van der Waals surface area contributed by atoms with E-state index in [1.807, 2.05) is 0 Å².